The molecule has 3 aromatic carbocycles. The Morgan fingerprint density at radius 1 is 0.971 bits per heavy atom. The van der Waals surface area contributed by atoms with Crippen molar-refractivity contribution in [3.05, 3.63) is 77.9 Å². The van der Waals surface area contributed by atoms with Crippen LogP contribution in [0.3, 0.4) is 0 Å². The van der Waals surface area contributed by atoms with Crippen LogP contribution in [-0.2, 0) is 0 Å². The Hall–Kier alpha value is -3.84. The van der Waals surface area contributed by atoms with Crippen molar-refractivity contribution in [1.82, 2.24) is 9.80 Å². The topological polar surface area (TPSA) is 66.4 Å². The third kappa shape index (κ3) is 4.86. The number of hydrogen-bond acceptors (Lipinski definition) is 6. The zero-order valence-electron chi connectivity index (χ0n) is 20.3. The summed E-state index contributed by atoms with van der Waals surface area (Å²) in [5.41, 5.74) is 2.87. The molecule has 1 amide bonds. The molecule has 2 heterocycles. The minimum Gasteiger partial charge on any atom is -0.497 e. The third-order valence-electron chi connectivity index (χ3n) is 6.47. The number of para-hydroxylation sites is 2. The lowest BCUT2D eigenvalue weighted by atomic mass is 10.1. The third-order valence-corrected chi connectivity index (χ3v) is 6.47. The Balaban J connectivity index is 1.48. The number of nitrogens with one attached hydrogen (secondary N) is 1. The second kappa shape index (κ2) is 9.80. The number of amidine groups is 1. The standard InChI is InChI=1S/C28H30N4O3/c1-19(2)31-13-15-32(16-14-31)27-23-18-21(29-28(33)20-7-6-8-22(17-20)34-3)11-12-25(23)35-26-10-5-4-9-24(26)30-27/h4-12,17-19H,13-16H2,1-3H3,(H,29,33). The van der Waals surface area contributed by atoms with E-state index >= 15 is 0 Å². The Labute approximate surface area is 206 Å². The number of carbonyl (C=O) groups excluding carboxylic acids is 1. The van der Waals surface area contributed by atoms with Crippen LogP contribution in [0.15, 0.2) is 71.7 Å². The number of rotatable bonds is 4. The van der Waals surface area contributed by atoms with Crippen molar-refractivity contribution < 1.29 is 14.3 Å². The van der Waals surface area contributed by atoms with Gasteiger partial charge in [-0.2, -0.15) is 0 Å². The first-order valence-electron chi connectivity index (χ1n) is 12.0. The molecule has 0 aromatic heterocycles. The van der Waals surface area contributed by atoms with Crippen LogP contribution in [0.25, 0.3) is 0 Å². The van der Waals surface area contributed by atoms with Gasteiger partial charge in [-0.1, -0.05) is 18.2 Å². The van der Waals surface area contributed by atoms with Gasteiger partial charge in [0, 0.05) is 43.5 Å². The molecule has 35 heavy (non-hydrogen) atoms. The first-order chi connectivity index (χ1) is 17.0. The number of nitrogens with zero attached hydrogens (tertiary/aromatic N) is 3. The van der Waals surface area contributed by atoms with Gasteiger partial charge in [-0.3, -0.25) is 9.69 Å². The summed E-state index contributed by atoms with van der Waals surface area (Å²) in [5, 5.41) is 3.01. The molecule has 2 aliphatic heterocycles. The van der Waals surface area contributed by atoms with Crippen molar-refractivity contribution in [2.75, 3.05) is 38.6 Å². The number of methoxy groups -OCH3 is 1. The predicted molar refractivity (Wildman–Crippen MR) is 138 cm³/mol. The summed E-state index contributed by atoms with van der Waals surface area (Å²) in [5.74, 6) is 2.74. The van der Waals surface area contributed by atoms with E-state index in [9.17, 15) is 4.79 Å². The molecule has 0 bridgehead atoms. The minimum atomic E-state index is -0.203. The van der Waals surface area contributed by atoms with Gasteiger partial charge in [0.05, 0.1) is 12.7 Å². The number of ether oxygens (including phenoxy) is 2. The summed E-state index contributed by atoms with van der Waals surface area (Å²) < 4.78 is 11.5. The fourth-order valence-corrected chi connectivity index (χ4v) is 4.46. The molecule has 0 atom stereocenters. The Kier molecular flexibility index (Phi) is 6.42. The molecule has 0 radical (unpaired) electrons. The van der Waals surface area contributed by atoms with Crippen LogP contribution in [0.5, 0.6) is 17.2 Å². The van der Waals surface area contributed by atoms with Crippen molar-refractivity contribution >= 4 is 23.1 Å². The fourth-order valence-electron chi connectivity index (χ4n) is 4.46. The highest BCUT2D eigenvalue weighted by Gasteiger charge is 2.27. The largest absolute Gasteiger partial charge is 0.497 e. The van der Waals surface area contributed by atoms with Gasteiger partial charge in [-0.25, -0.2) is 4.99 Å². The molecule has 0 aliphatic carbocycles. The van der Waals surface area contributed by atoms with Gasteiger partial charge in [0.15, 0.2) is 5.75 Å². The van der Waals surface area contributed by atoms with E-state index in [0.29, 0.717) is 23.0 Å². The molecule has 2 aliphatic rings. The lowest BCUT2D eigenvalue weighted by Gasteiger charge is -2.38. The van der Waals surface area contributed by atoms with E-state index in [0.717, 1.165) is 54.8 Å². The molecule has 1 N–H and O–H groups in total. The number of anilines is 1. The van der Waals surface area contributed by atoms with Crippen molar-refractivity contribution in [2.45, 2.75) is 19.9 Å². The van der Waals surface area contributed by atoms with Crippen LogP contribution < -0.4 is 14.8 Å². The second-order valence-corrected chi connectivity index (χ2v) is 9.02. The van der Waals surface area contributed by atoms with Gasteiger partial charge < -0.3 is 19.7 Å². The lowest BCUT2D eigenvalue weighted by molar-refractivity contribution is 0.102. The smallest absolute Gasteiger partial charge is 0.255 e. The first kappa shape index (κ1) is 22.9. The summed E-state index contributed by atoms with van der Waals surface area (Å²) in [6.07, 6.45) is 0. The first-order valence-corrected chi connectivity index (χ1v) is 12.0. The SMILES string of the molecule is COc1cccc(C(=O)Nc2ccc3c(c2)C(N2CCN(C(C)C)CC2)=Nc2ccccc2O3)c1. The van der Waals surface area contributed by atoms with Gasteiger partial charge in [-0.15, -0.1) is 0 Å². The van der Waals surface area contributed by atoms with Gasteiger partial charge in [-0.05, 0) is 62.4 Å². The maximum absolute atomic E-state index is 12.9. The average molecular weight is 471 g/mol. The monoisotopic (exact) mass is 470 g/mol. The number of hydrogen-bond donors (Lipinski definition) is 1. The minimum absolute atomic E-state index is 0.203. The Morgan fingerprint density at radius 2 is 1.77 bits per heavy atom. The zero-order valence-corrected chi connectivity index (χ0v) is 20.3. The van der Waals surface area contributed by atoms with E-state index < -0.39 is 0 Å². The van der Waals surface area contributed by atoms with E-state index in [-0.39, 0.29) is 5.91 Å². The Morgan fingerprint density at radius 3 is 2.54 bits per heavy atom. The summed E-state index contributed by atoms with van der Waals surface area (Å²) >= 11 is 0. The van der Waals surface area contributed by atoms with E-state index in [4.69, 9.17) is 14.5 Å². The van der Waals surface area contributed by atoms with Gasteiger partial charge in [0.1, 0.15) is 23.0 Å². The quantitative estimate of drug-likeness (QED) is 0.571. The van der Waals surface area contributed by atoms with Crippen LogP contribution in [0.2, 0.25) is 0 Å². The van der Waals surface area contributed by atoms with Gasteiger partial charge in [0.2, 0.25) is 0 Å². The van der Waals surface area contributed by atoms with Crippen LogP contribution in [0.4, 0.5) is 11.4 Å². The number of benzene rings is 3. The second-order valence-electron chi connectivity index (χ2n) is 9.02. The van der Waals surface area contributed by atoms with Crippen LogP contribution in [0, 0.1) is 0 Å². The number of piperazine rings is 1. The number of carbonyl (C=O) groups is 1. The van der Waals surface area contributed by atoms with E-state index in [1.54, 1.807) is 25.3 Å². The summed E-state index contributed by atoms with van der Waals surface area (Å²) in [6.45, 7) is 8.16. The maximum Gasteiger partial charge on any atom is 0.255 e. The molecule has 180 valence electrons. The molecule has 5 rings (SSSR count). The zero-order chi connectivity index (χ0) is 24.4. The van der Waals surface area contributed by atoms with Crippen molar-refractivity contribution in [1.29, 1.82) is 0 Å². The number of fused-ring (bicyclic) bond motifs is 2. The molecule has 1 saturated heterocycles. The lowest BCUT2D eigenvalue weighted by Crippen LogP contribution is -2.50. The van der Waals surface area contributed by atoms with Crippen LogP contribution in [0.1, 0.15) is 29.8 Å². The highest BCUT2D eigenvalue weighted by atomic mass is 16.5. The summed E-state index contributed by atoms with van der Waals surface area (Å²) in [6, 6.07) is 21.2. The molecule has 7 nitrogen and oxygen atoms in total. The molecule has 0 unspecified atom stereocenters. The van der Waals surface area contributed by atoms with E-state index in [2.05, 4.69) is 29.0 Å². The highest BCUT2D eigenvalue weighted by molar-refractivity contribution is 6.07. The molecular formula is C28H30N4O3. The predicted octanol–water partition coefficient (Wildman–Crippen LogP) is 5.16. The fraction of sp³-hybridized carbons (Fsp3) is 0.286. The normalized spacial score (nSPS) is 15.4. The summed E-state index contributed by atoms with van der Waals surface area (Å²) in [4.78, 5) is 22.8. The van der Waals surface area contributed by atoms with Crippen molar-refractivity contribution in [3.63, 3.8) is 0 Å². The maximum atomic E-state index is 12.9. The molecule has 3 aromatic rings. The molecular weight excluding hydrogens is 440 g/mol. The number of aliphatic imine (C=N–C) groups is 1. The Bertz CT molecular complexity index is 1260. The molecule has 1 fully saturated rings. The molecule has 0 spiro atoms. The molecule has 0 saturated carbocycles. The number of amides is 1. The van der Waals surface area contributed by atoms with Crippen LogP contribution >= 0.6 is 0 Å². The summed E-state index contributed by atoms with van der Waals surface area (Å²) in [7, 11) is 1.59. The van der Waals surface area contributed by atoms with Crippen LogP contribution in [-0.4, -0.2) is 60.9 Å². The molecule has 7 heteroatoms. The van der Waals surface area contributed by atoms with E-state index in [1.807, 2.05) is 48.5 Å². The van der Waals surface area contributed by atoms with Crippen molar-refractivity contribution in [2.24, 2.45) is 4.99 Å². The highest BCUT2D eigenvalue weighted by Crippen LogP contribution is 2.39. The van der Waals surface area contributed by atoms with Crippen molar-refractivity contribution in [3.8, 4) is 17.2 Å². The average Bonchev–Trinajstić information content (AvgIpc) is 3.05. The van der Waals surface area contributed by atoms with E-state index in [1.165, 1.54) is 0 Å². The van der Waals surface area contributed by atoms with Gasteiger partial charge >= 0.3 is 0 Å². The van der Waals surface area contributed by atoms with Gasteiger partial charge in [0.25, 0.3) is 5.91 Å².